The summed E-state index contributed by atoms with van der Waals surface area (Å²) in [6.07, 6.45) is 0.321. The van der Waals surface area contributed by atoms with E-state index in [2.05, 4.69) is 10.3 Å². The van der Waals surface area contributed by atoms with Gasteiger partial charge in [-0.05, 0) is 59.0 Å². The molecule has 0 bridgehead atoms. The summed E-state index contributed by atoms with van der Waals surface area (Å²) >= 11 is 6.76. The molecule has 1 fully saturated rings. The fourth-order valence-corrected chi connectivity index (χ4v) is 3.89. The monoisotopic (exact) mass is 396 g/mol. The number of aromatic amines is 1. The van der Waals surface area contributed by atoms with E-state index in [1.165, 1.54) is 0 Å². The van der Waals surface area contributed by atoms with Crippen molar-refractivity contribution in [3.05, 3.63) is 86.0 Å². The first-order chi connectivity index (χ1) is 13.0. The number of para-hydroxylation sites is 1. The lowest BCUT2D eigenvalue weighted by molar-refractivity contribution is -0.115. The number of thioether (sulfide) groups is 1. The molecule has 1 aromatic heterocycles. The highest BCUT2D eigenvalue weighted by molar-refractivity contribution is 8.18. The Kier molecular flexibility index (Phi) is 4.59. The highest BCUT2D eigenvalue weighted by atomic mass is 35.5. The summed E-state index contributed by atoms with van der Waals surface area (Å²) in [5, 5.41) is 3.26. The molecule has 2 heterocycles. The molecule has 2 aromatic carbocycles. The zero-order valence-electron chi connectivity index (χ0n) is 13.9. The Morgan fingerprint density at radius 3 is 2.44 bits per heavy atom. The fraction of sp³-hybridized carbons (Fsp3) is 0.0500. The first-order valence-electron chi connectivity index (χ1n) is 8.14. The average Bonchev–Trinajstić information content (AvgIpc) is 2.99. The standard InChI is InChI=1S/C20H13ClN2O3S/c21-13-7-5-11(6-8-13)9-14(17-19(25)23-20(26)27-17)15-10-12-3-1-2-4-16(12)22-18(15)24/h1-8,10H,9H2,(H,22,24)(H,23,25,26). The van der Waals surface area contributed by atoms with Crippen LogP contribution in [0.4, 0.5) is 4.79 Å². The van der Waals surface area contributed by atoms with E-state index < -0.39 is 11.1 Å². The minimum absolute atomic E-state index is 0.246. The first kappa shape index (κ1) is 17.6. The van der Waals surface area contributed by atoms with Gasteiger partial charge in [-0.15, -0.1) is 0 Å². The second-order valence-electron chi connectivity index (χ2n) is 6.05. The number of rotatable bonds is 3. The molecule has 2 N–H and O–H groups in total. The Bertz CT molecular complexity index is 1170. The molecule has 0 radical (unpaired) electrons. The van der Waals surface area contributed by atoms with Crippen LogP contribution in [0.1, 0.15) is 11.1 Å². The predicted molar refractivity (Wildman–Crippen MR) is 108 cm³/mol. The van der Waals surface area contributed by atoms with Crippen LogP contribution in [-0.4, -0.2) is 16.1 Å². The number of hydrogen-bond donors (Lipinski definition) is 2. The third-order valence-electron chi connectivity index (χ3n) is 4.26. The van der Waals surface area contributed by atoms with E-state index in [4.69, 9.17) is 11.6 Å². The van der Waals surface area contributed by atoms with Crippen LogP contribution < -0.4 is 10.9 Å². The van der Waals surface area contributed by atoms with E-state index in [-0.39, 0.29) is 10.5 Å². The lowest BCUT2D eigenvalue weighted by atomic mass is 9.97. The van der Waals surface area contributed by atoms with Crippen LogP contribution in [0, 0.1) is 0 Å². The Balaban J connectivity index is 1.91. The number of halogens is 1. The second-order valence-corrected chi connectivity index (χ2v) is 7.47. The minimum Gasteiger partial charge on any atom is -0.321 e. The number of hydrogen-bond acceptors (Lipinski definition) is 4. The summed E-state index contributed by atoms with van der Waals surface area (Å²) in [5.74, 6) is -0.485. The summed E-state index contributed by atoms with van der Waals surface area (Å²) in [4.78, 5) is 39.8. The quantitative estimate of drug-likeness (QED) is 0.653. The van der Waals surface area contributed by atoms with E-state index in [1.54, 1.807) is 18.2 Å². The molecule has 5 nitrogen and oxygen atoms in total. The third-order valence-corrected chi connectivity index (χ3v) is 5.44. The van der Waals surface area contributed by atoms with E-state index in [9.17, 15) is 14.4 Å². The average molecular weight is 397 g/mol. The summed E-state index contributed by atoms with van der Waals surface area (Å²) < 4.78 is 0. The van der Waals surface area contributed by atoms with Crippen LogP contribution >= 0.6 is 23.4 Å². The summed E-state index contributed by atoms with van der Waals surface area (Å²) in [5.41, 5.74) is 2.16. The van der Waals surface area contributed by atoms with Gasteiger partial charge in [0.2, 0.25) is 0 Å². The SMILES string of the molecule is O=C1NC(=O)C(=C(Cc2ccc(Cl)cc2)c2cc3ccccc3[nH]c2=O)S1. The van der Waals surface area contributed by atoms with Gasteiger partial charge in [-0.25, -0.2) is 0 Å². The van der Waals surface area contributed by atoms with Crippen LogP contribution in [0.3, 0.4) is 0 Å². The number of aromatic nitrogens is 1. The van der Waals surface area contributed by atoms with E-state index in [1.807, 2.05) is 36.4 Å². The molecule has 27 heavy (non-hydrogen) atoms. The normalized spacial score (nSPS) is 15.9. The lowest BCUT2D eigenvalue weighted by Crippen LogP contribution is -2.20. The van der Waals surface area contributed by atoms with Gasteiger partial charge in [0.15, 0.2) is 0 Å². The number of nitrogens with one attached hydrogen (secondary N) is 2. The molecule has 4 rings (SSSR count). The molecule has 7 heteroatoms. The summed E-state index contributed by atoms with van der Waals surface area (Å²) in [7, 11) is 0. The number of benzene rings is 2. The highest BCUT2D eigenvalue weighted by Crippen LogP contribution is 2.33. The largest absolute Gasteiger partial charge is 0.321 e. The molecule has 2 amide bonds. The molecule has 0 unspecified atom stereocenters. The van der Waals surface area contributed by atoms with Crippen LogP contribution in [0.2, 0.25) is 5.02 Å². The fourth-order valence-electron chi connectivity index (χ4n) is 2.99. The predicted octanol–water partition coefficient (Wildman–Crippen LogP) is 4.12. The number of carbonyl (C=O) groups excluding carboxylic acids is 2. The molecule has 0 spiro atoms. The Morgan fingerprint density at radius 1 is 1.00 bits per heavy atom. The van der Waals surface area contributed by atoms with Crippen LogP contribution in [0.25, 0.3) is 16.5 Å². The van der Waals surface area contributed by atoms with Gasteiger partial charge in [-0.1, -0.05) is 41.9 Å². The third kappa shape index (κ3) is 3.54. The molecular formula is C20H13ClN2O3S. The Labute approximate surface area is 163 Å². The molecular weight excluding hydrogens is 384 g/mol. The van der Waals surface area contributed by atoms with E-state index in [0.717, 1.165) is 22.7 Å². The van der Waals surface area contributed by atoms with E-state index >= 15 is 0 Å². The lowest BCUT2D eigenvalue weighted by Gasteiger charge is -2.11. The molecule has 3 aromatic rings. The molecule has 0 saturated carbocycles. The maximum atomic E-state index is 12.7. The van der Waals surface area contributed by atoms with Gasteiger partial charge >= 0.3 is 0 Å². The first-order valence-corrected chi connectivity index (χ1v) is 9.34. The number of imide groups is 1. The van der Waals surface area contributed by atoms with Gasteiger partial charge < -0.3 is 4.98 Å². The van der Waals surface area contributed by atoms with Crippen LogP contribution in [-0.2, 0) is 11.2 Å². The van der Waals surface area contributed by atoms with Gasteiger partial charge in [0.1, 0.15) is 0 Å². The Morgan fingerprint density at radius 2 is 1.74 bits per heavy atom. The van der Waals surface area contributed by atoms with Crippen molar-refractivity contribution < 1.29 is 9.59 Å². The zero-order chi connectivity index (χ0) is 19.0. The van der Waals surface area contributed by atoms with Gasteiger partial charge in [-0.2, -0.15) is 0 Å². The number of allylic oxidation sites excluding steroid dienone is 1. The number of fused-ring (bicyclic) bond motifs is 1. The number of carbonyl (C=O) groups is 2. The second kappa shape index (κ2) is 7.06. The summed E-state index contributed by atoms with van der Waals surface area (Å²) in [6, 6.07) is 16.3. The topological polar surface area (TPSA) is 79.0 Å². The summed E-state index contributed by atoms with van der Waals surface area (Å²) in [6.45, 7) is 0. The van der Waals surface area contributed by atoms with Crippen molar-refractivity contribution in [1.82, 2.24) is 10.3 Å². The molecule has 1 aliphatic heterocycles. The van der Waals surface area contributed by atoms with Crippen molar-refractivity contribution in [1.29, 1.82) is 0 Å². The molecule has 1 aliphatic rings. The zero-order valence-corrected chi connectivity index (χ0v) is 15.5. The number of amides is 2. The minimum atomic E-state index is -0.485. The van der Waals surface area contributed by atoms with Crippen molar-refractivity contribution in [2.45, 2.75) is 6.42 Å². The maximum Gasteiger partial charge on any atom is 0.290 e. The van der Waals surface area contributed by atoms with Crippen molar-refractivity contribution >= 4 is 51.0 Å². The van der Waals surface area contributed by atoms with Crippen LogP contribution in [0.5, 0.6) is 0 Å². The Hall–Kier alpha value is -2.83. The maximum absolute atomic E-state index is 12.7. The van der Waals surface area contributed by atoms with Crippen molar-refractivity contribution in [3.8, 4) is 0 Å². The smallest absolute Gasteiger partial charge is 0.290 e. The molecule has 0 aliphatic carbocycles. The molecule has 1 saturated heterocycles. The van der Waals surface area contributed by atoms with E-state index in [0.29, 0.717) is 28.1 Å². The molecule has 134 valence electrons. The van der Waals surface area contributed by atoms with Gasteiger partial charge in [0.25, 0.3) is 16.7 Å². The molecule has 0 atom stereocenters. The van der Waals surface area contributed by atoms with Crippen LogP contribution in [0.15, 0.2) is 64.3 Å². The van der Waals surface area contributed by atoms with Crippen molar-refractivity contribution in [3.63, 3.8) is 0 Å². The van der Waals surface area contributed by atoms with Gasteiger partial charge in [-0.3, -0.25) is 19.7 Å². The van der Waals surface area contributed by atoms with Gasteiger partial charge in [0.05, 0.1) is 4.91 Å². The van der Waals surface area contributed by atoms with Crippen molar-refractivity contribution in [2.24, 2.45) is 0 Å². The number of pyridine rings is 1. The highest BCUT2D eigenvalue weighted by Gasteiger charge is 2.30. The van der Waals surface area contributed by atoms with Crippen molar-refractivity contribution in [2.75, 3.05) is 0 Å². The number of H-pyrrole nitrogens is 1. The van der Waals surface area contributed by atoms with Gasteiger partial charge in [0, 0.05) is 16.1 Å².